The fourth-order valence-electron chi connectivity index (χ4n) is 1.79. The summed E-state index contributed by atoms with van der Waals surface area (Å²) in [5.74, 6) is -1.07. The fraction of sp³-hybridized carbons (Fsp3) is 0.500. The molecule has 122 valence electrons. The van der Waals surface area contributed by atoms with Gasteiger partial charge in [-0.05, 0) is 38.5 Å². The summed E-state index contributed by atoms with van der Waals surface area (Å²) >= 11 is 0. The topological polar surface area (TPSA) is 70.1 Å². The molecule has 0 atom stereocenters. The Morgan fingerprint density at radius 1 is 1.14 bits per heavy atom. The van der Waals surface area contributed by atoms with Crippen molar-refractivity contribution in [1.82, 2.24) is 4.90 Å². The number of hydrogen-bond acceptors (Lipinski definition) is 4. The minimum atomic E-state index is -1.07. The van der Waals surface area contributed by atoms with Crippen LogP contribution in [0.15, 0.2) is 24.3 Å². The zero-order chi connectivity index (χ0) is 16.9. The maximum atomic E-state index is 12.1. The van der Waals surface area contributed by atoms with Gasteiger partial charge in [0.1, 0.15) is 12.1 Å². The number of rotatable bonds is 5. The Kier molecular flexibility index (Phi) is 5.79. The molecule has 22 heavy (non-hydrogen) atoms. The summed E-state index contributed by atoms with van der Waals surface area (Å²) in [6.45, 7) is 5.03. The maximum absolute atomic E-state index is 12.1. The Labute approximate surface area is 131 Å². The molecule has 0 aromatic heterocycles. The summed E-state index contributed by atoms with van der Waals surface area (Å²) in [5, 5.41) is 8.97. The second-order valence-corrected chi connectivity index (χ2v) is 6.29. The molecular formula is C16H24N2O4. The third kappa shape index (κ3) is 6.03. The Morgan fingerprint density at radius 2 is 1.68 bits per heavy atom. The average molecular weight is 308 g/mol. The van der Waals surface area contributed by atoms with Gasteiger partial charge in [-0.2, -0.15) is 0 Å². The molecule has 0 radical (unpaired) electrons. The summed E-state index contributed by atoms with van der Waals surface area (Å²) in [5.41, 5.74) is 1.21. The smallest absolute Gasteiger partial charge is 0.411 e. The fourth-order valence-corrected chi connectivity index (χ4v) is 1.79. The molecule has 0 saturated carbocycles. The largest absolute Gasteiger partial charge is 0.480 e. The minimum absolute atomic E-state index is 0.189. The number of aliphatic carboxylic acids is 1. The number of carbonyl (C=O) groups is 2. The van der Waals surface area contributed by atoms with Crippen LogP contribution in [0.25, 0.3) is 0 Å². The van der Waals surface area contributed by atoms with E-state index in [1.165, 1.54) is 4.90 Å². The number of ether oxygens (including phenoxy) is 1. The predicted octanol–water partition coefficient (Wildman–Crippen LogP) is 2.57. The molecule has 6 nitrogen and oxygen atoms in total. The van der Waals surface area contributed by atoms with Gasteiger partial charge in [-0.3, -0.25) is 9.69 Å². The van der Waals surface area contributed by atoms with Crippen molar-refractivity contribution in [3.63, 3.8) is 0 Å². The number of benzene rings is 1. The SMILES string of the molecule is CN(C)c1ccc(CN(CC(=O)O)C(=O)OC(C)(C)C)cc1. The second-order valence-electron chi connectivity index (χ2n) is 6.29. The van der Waals surface area contributed by atoms with Crippen LogP contribution in [0.2, 0.25) is 0 Å². The summed E-state index contributed by atoms with van der Waals surface area (Å²) < 4.78 is 5.25. The van der Waals surface area contributed by atoms with E-state index >= 15 is 0 Å². The zero-order valence-corrected chi connectivity index (χ0v) is 13.8. The molecule has 1 aromatic rings. The Balaban J connectivity index is 2.84. The van der Waals surface area contributed by atoms with Gasteiger partial charge in [0.25, 0.3) is 0 Å². The van der Waals surface area contributed by atoms with E-state index in [0.29, 0.717) is 0 Å². The lowest BCUT2D eigenvalue weighted by Gasteiger charge is -2.26. The van der Waals surface area contributed by atoms with Gasteiger partial charge in [0.05, 0.1) is 0 Å². The monoisotopic (exact) mass is 308 g/mol. The van der Waals surface area contributed by atoms with E-state index in [0.717, 1.165) is 11.3 Å². The number of carboxylic acid groups (broad SMARTS) is 1. The van der Waals surface area contributed by atoms with Crippen molar-refractivity contribution in [2.45, 2.75) is 32.9 Å². The summed E-state index contributed by atoms with van der Waals surface area (Å²) in [4.78, 5) is 26.2. The van der Waals surface area contributed by atoms with Crippen LogP contribution < -0.4 is 4.90 Å². The first-order valence-corrected chi connectivity index (χ1v) is 7.04. The average Bonchev–Trinajstić information content (AvgIpc) is 2.36. The van der Waals surface area contributed by atoms with E-state index < -0.39 is 24.2 Å². The standard InChI is InChI=1S/C16H24N2O4/c1-16(2,3)22-15(21)18(11-14(19)20)10-12-6-8-13(9-7-12)17(4)5/h6-9H,10-11H2,1-5H3,(H,19,20). The Hall–Kier alpha value is -2.24. The third-order valence-corrected chi connectivity index (χ3v) is 2.80. The van der Waals surface area contributed by atoms with E-state index in [9.17, 15) is 9.59 Å². The van der Waals surface area contributed by atoms with Crippen molar-refractivity contribution in [2.75, 3.05) is 25.5 Å². The van der Waals surface area contributed by atoms with Crippen LogP contribution in [0.3, 0.4) is 0 Å². The highest BCUT2D eigenvalue weighted by molar-refractivity contribution is 5.77. The van der Waals surface area contributed by atoms with Crippen molar-refractivity contribution in [1.29, 1.82) is 0 Å². The van der Waals surface area contributed by atoms with Crippen LogP contribution >= 0.6 is 0 Å². The van der Waals surface area contributed by atoms with E-state index in [4.69, 9.17) is 9.84 Å². The highest BCUT2D eigenvalue weighted by atomic mass is 16.6. The van der Waals surface area contributed by atoms with Gasteiger partial charge in [-0.15, -0.1) is 0 Å². The van der Waals surface area contributed by atoms with Crippen molar-refractivity contribution >= 4 is 17.7 Å². The number of anilines is 1. The van der Waals surface area contributed by atoms with Gasteiger partial charge in [-0.25, -0.2) is 4.79 Å². The molecule has 0 spiro atoms. The summed E-state index contributed by atoms with van der Waals surface area (Å²) in [6.07, 6.45) is -0.633. The van der Waals surface area contributed by atoms with Crippen molar-refractivity contribution in [3.05, 3.63) is 29.8 Å². The predicted molar refractivity (Wildman–Crippen MR) is 85.0 cm³/mol. The minimum Gasteiger partial charge on any atom is -0.480 e. The first-order valence-electron chi connectivity index (χ1n) is 7.04. The van der Waals surface area contributed by atoms with E-state index in [1.54, 1.807) is 20.8 Å². The first kappa shape index (κ1) is 17.8. The third-order valence-electron chi connectivity index (χ3n) is 2.80. The van der Waals surface area contributed by atoms with Crippen LogP contribution in [0.5, 0.6) is 0 Å². The lowest BCUT2D eigenvalue weighted by Crippen LogP contribution is -2.39. The molecule has 0 heterocycles. The van der Waals surface area contributed by atoms with Crippen molar-refractivity contribution in [3.8, 4) is 0 Å². The van der Waals surface area contributed by atoms with Crippen LogP contribution in [-0.4, -0.2) is 48.3 Å². The number of carboxylic acids is 1. The molecule has 1 N–H and O–H groups in total. The molecule has 0 aliphatic rings. The number of hydrogen-bond donors (Lipinski definition) is 1. The Bertz CT molecular complexity index is 518. The van der Waals surface area contributed by atoms with Gasteiger partial charge in [-0.1, -0.05) is 12.1 Å². The molecule has 6 heteroatoms. The number of nitrogens with zero attached hydrogens (tertiary/aromatic N) is 2. The quantitative estimate of drug-likeness (QED) is 0.905. The molecule has 0 saturated heterocycles. The van der Waals surface area contributed by atoms with Gasteiger partial charge in [0.15, 0.2) is 0 Å². The Morgan fingerprint density at radius 3 is 2.09 bits per heavy atom. The van der Waals surface area contributed by atoms with E-state index in [-0.39, 0.29) is 6.54 Å². The van der Waals surface area contributed by atoms with E-state index in [2.05, 4.69) is 0 Å². The lowest BCUT2D eigenvalue weighted by atomic mass is 10.2. The molecule has 0 unspecified atom stereocenters. The van der Waals surface area contributed by atoms with Crippen LogP contribution in [-0.2, 0) is 16.1 Å². The molecule has 0 aliphatic carbocycles. The van der Waals surface area contributed by atoms with Gasteiger partial charge in [0, 0.05) is 26.3 Å². The molecular weight excluding hydrogens is 284 g/mol. The summed E-state index contributed by atoms with van der Waals surface area (Å²) in [6, 6.07) is 7.58. The van der Waals surface area contributed by atoms with E-state index in [1.807, 2.05) is 43.3 Å². The van der Waals surface area contributed by atoms with Gasteiger partial charge in [0.2, 0.25) is 0 Å². The van der Waals surface area contributed by atoms with Crippen molar-refractivity contribution in [2.24, 2.45) is 0 Å². The highest BCUT2D eigenvalue weighted by Crippen LogP contribution is 2.16. The van der Waals surface area contributed by atoms with Crippen LogP contribution in [0, 0.1) is 0 Å². The molecule has 0 bridgehead atoms. The normalized spacial score (nSPS) is 11.0. The molecule has 0 fully saturated rings. The van der Waals surface area contributed by atoms with Gasteiger partial charge < -0.3 is 14.7 Å². The molecule has 1 amide bonds. The van der Waals surface area contributed by atoms with Crippen LogP contribution in [0.4, 0.5) is 10.5 Å². The van der Waals surface area contributed by atoms with Crippen LogP contribution in [0.1, 0.15) is 26.3 Å². The highest BCUT2D eigenvalue weighted by Gasteiger charge is 2.24. The lowest BCUT2D eigenvalue weighted by molar-refractivity contribution is -0.138. The second kappa shape index (κ2) is 7.15. The molecule has 1 aromatic carbocycles. The number of amides is 1. The number of carbonyl (C=O) groups excluding carboxylic acids is 1. The molecule has 0 aliphatic heterocycles. The molecule has 1 rings (SSSR count). The summed E-state index contributed by atoms with van der Waals surface area (Å²) in [7, 11) is 3.87. The zero-order valence-electron chi connectivity index (χ0n) is 13.8. The van der Waals surface area contributed by atoms with Crippen molar-refractivity contribution < 1.29 is 19.4 Å². The van der Waals surface area contributed by atoms with Gasteiger partial charge >= 0.3 is 12.1 Å². The maximum Gasteiger partial charge on any atom is 0.411 e. The first-order chi connectivity index (χ1) is 10.1.